The number of rotatable bonds is 6. The third kappa shape index (κ3) is 3.27. The topological polar surface area (TPSA) is 96.9 Å². The third-order valence-electron chi connectivity index (χ3n) is 6.17. The van der Waals surface area contributed by atoms with Gasteiger partial charge in [-0.25, -0.2) is 0 Å². The number of phenols is 1. The van der Waals surface area contributed by atoms with Crippen molar-refractivity contribution in [3.05, 3.63) is 59.3 Å². The fraction of sp³-hybridized carbons (Fsp3) is 0.333. The maximum Gasteiger partial charge on any atom is 0.273 e. The van der Waals surface area contributed by atoms with Crippen LogP contribution in [0, 0.1) is 0 Å². The summed E-state index contributed by atoms with van der Waals surface area (Å²) in [7, 11) is 3.17. The highest BCUT2D eigenvalue weighted by Crippen LogP contribution is 2.46. The number of nitrogens with zero attached hydrogens (tertiary/aromatic N) is 2. The van der Waals surface area contributed by atoms with E-state index in [4.69, 9.17) is 14.2 Å². The SMILES string of the molecule is COc1ccc([C@@H]2c3c(-c4ccccc4O)n[nH]c3C(=O)N2C[C@@H]2CCCO2)cc1OC. The molecule has 8 nitrogen and oxygen atoms in total. The molecule has 2 aliphatic heterocycles. The molecule has 1 saturated heterocycles. The third-order valence-corrected chi connectivity index (χ3v) is 6.17. The number of ether oxygens (including phenoxy) is 3. The number of phenolic OH excluding ortho intramolecular Hbond substituents is 1. The van der Waals surface area contributed by atoms with Gasteiger partial charge in [0.25, 0.3) is 5.91 Å². The Bertz CT molecular complexity index is 1150. The molecule has 0 unspecified atom stereocenters. The molecule has 0 aliphatic carbocycles. The van der Waals surface area contributed by atoms with Crippen molar-refractivity contribution in [2.75, 3.05) is 27.4 Å². The minimum absolute atomic E-state index is 0.00728. The summed E-state index contributed by atoms with van der Waals surface area (Å²) < 4.78 is 16.7. The average molecular weight is 435 g/mol. The van der Waals surface area contributed by atoms with Gasteiger partial charge in [-0.3, -0.25) is 9.89 Å². The Morgan fingerprint density at radius 3 is 2.72 bits per heavy atom. The number of fused-ring (bicyclic) bond motifs is 1. The van der Waals surface area contributed by atoms with Crippen LogP contribution in [0.15, 0.2) is 42.5 Å². The van der Waals surface area contributed by atoms with Gasteiger partial charge < -0.3 is 24.2 Å². The van der Waals surface area contributed by atoms with Crippen molar-refractivity contribution in [3.63, 3.8) is 0 Å². The molecule has 2 N–H and O–H groups in total. The molecule has 0 saturated carbocycles. The zero-order valence-electron chi connectivity index (χ0n) is 18.0. The highest BCUT2D eigenvalue weighted by Gasteiger charge is 2.43. The van der Waals surface area contributed by atoms with E-state index in [1.54, 1.807) is 32.4 Å². The number of hydrogen-bond acceptors (Lipinski definition) is 6. The van der Waals surface area contributed by atoms with E-state index < -0.39 is 6.04 Å². The van der Waals surface area contributed by atoms with Gasteiger partial charge in [0.05, 0.1) is 26.4 Å². The number of aromatic amines is 1. The molecule has 5 rings (SSSR count). The highest BCUT2D eigenvalue weighted by atomic mass is 16.5. The van der Waals surface area contributed by atoms with Crippen LogP contribution >= 0.6 is 0 Å². The summed E-state index contributed by atoms with van der Waals surface area (Å²) in [4.78, 5) is 15.3. The van der Waals surface area contributed by atoms with Crippen LogP contribution in [0.3, 0.4) is 0 Å². The van der Waals surface area contributed by atoms with Crippen molar-refractivity contribution < 1.29 is 24.1 Å². The zero-order valence-corrected chi connectivity index (χ0v) is 18.0. The first-order valence-corrected chi connectivity index (χ1v) is 10.6. The molecule has 1 fully saturated rings. The summed E-state index contributed by atoms with van der Waals surface area (Å²) >= 11 is 0. The fourth-order valence-electron chi connectivity index (χ4n) is 4.64. The lowest BCUT2D eigenvalue weighted by Gasteiger charge is -2.29. The van der Waals surface area contributed by atoms with Crippen molar-refractivity contribution in [2.45, 2.75) is 25.0 Å². The minimum atomic E-state index is -0.408. The molecular weight excluding hydrogens is 410 g/mol. The molecule has 32 heavy (non-hydrogen) atoms. The van der Waals surface area contributed by atoms with E-state index in [-0.39, 0.29) is 17.8 Å². The average Bonchev–Trinajstić information content (AvgIpc) is 3.53. The molecule has 1 aromatic heterocycles. The van der Waals surface area contributed by atoms with Crippen molar-refractivity contribution in [1.29, 1.82) is 0 Å². The summed E-state index contributed by atoms with van der Waals surface area (Å²) in [5.74, 6) is 1.16. The summed E-state index contributed by atoms with van der Waals surface area (Å²) in [6.45, 7) is 1.18. The summed E-state index contributed by atoms with van der Waals surface area (Å²) in [5, 5.41) is 17.8. The van der Waals surface area contributed by atoms with Crippen molar-refractivity contribution >= 4 is 5.91 Å². The lowest BCUT2D eigenvalue weighted by molar-refractivity contribution is 0.0495. The quantitative estimate of drug-likeness (QED) is 0.615. The van der Waals surface area contributed by atoms with Crippen LogP contribution in [-0.2, 0) is 4.74 Å². The number of aromatic nitrogens is 2. The van der Waals surface area contributed by atoms with Gasteiger partial charge in [0.1, 0.15) is 17.1 Å². The maximum atomic E-state index is 13.5. The van der Waals surface area contributed by atoms with Crippen LogP contribution in [0.2, 0.25) is 0 Å². The van der Waals surface area contributed by atoms with E-state index in [0.717, 1.165) is 24.0 Å². The predicted molar refractivity (Wildman–Crippen MR) is 117 cm³/mol. The monoisotopic (exact) mass is 435 g/mol. The van der Waals surface area contributed by atoms with Crippen LogP contribution in [0.1, 0.15) is 40.5 Å². The molecule has 2 atom stereocenters. The van der Waals surface area contributed by atoms with Crippen molar-refractivity contribution in [1.82, 2.24) is 15.1 Å². The molecule has 2 aliphatic rings. The van der Waals surface area contributed by atoms with Crippen molar-refractivity contribution in [3.8, 4) is 28.5 Å². The van der Waals surface area contributed by atoms with E-state index in [1.807, 2.05) is 29.2 Å². The number of methoxy groups -OCH3 is 2. The Labute approximate surface area is 185 Å². The minimum Gasteiger partial charge on any atom is -0.507 e. The van der Waals surface area contributed by atoms with Gasteiger partial charge in [-0.1, -0.05) is 18.2 Å². The number of hydrogen-bond donors (Lipinski definition) is 2. The largest absolute Gasteiger partial charge is 0.507 e. The Kier molecular flexibility index (Phi) is 5.22. The molecule has 2 aromatic carbocycles. The number of benzene rings is 2. The van der Waals surface area contributed by atoms with Gasteiger partial charge in [0.15, 0.2) is 11.5 Å². The Hall–Kier alpha value is -3.52. The number of amides is 1. The Morgan fingerprint density at radius 1 is 1.19 bits per heavy atom. The van der Waals surface area contributed by atoms with E-state index in [2.05, 4.69) is 10.2 Å². The molecule has 3 heterocycles. The first-order chi connectivity index (χ1) is 15.6. The van der Waals surface area contributed by atoms with Gasteiger partial charge in [0.2, 0.25) is 0 Å². The van der Waals surface area contributed by atoms with Crippen LogP contribution in [0.5, 0.6) is 17.2 Å². The normalized spacial score (nSPS) is 19.9. The molecule has 8 heteroatoms. The zero-order chi connectivity index (χ0) is 22.2. The molecule has 1 amide bonds. The standard InChI is InChI=1S/C24H25N3O5/c1-30-18-10-9-14(12-19(18)31-2)23-20-21(16-7-3-4-8-17(16)28)25-26-22(20)24(29)27(23)13-15-6-5-11-32-15/h3-4,7-10,12,15,23,28H,5-6,11,13H2,1-2H3,(H,25,26)/t15-,23+/m0/s1. The first kappa shape index (κ1) is 20.4. The van der Waals surface area contributed by atoms with Crippen LogP contribution in [0.4, 0.5) is 0 Å². The maximum absolute atomic E-state index is 13.5. The van der Waals surface area contributed by atoms with Crippen LogP contribution in [-0.4, -0.2) is 59.6 Å². The van der Waals surface area contributed by atoms with E-state index in [0.29, 0.717) is 41.6 Å². The molecule has 3 aromatic rings. The van der Waals surface area contributed by atoms with Crippen molar-refractivity contribution in [2.24, 2.45) is 0 Å². The van der Waals surface area contributed by atoms with Crippen LogP contribution in [0.25, 0.3) is 11.3 Å². The molecule has 166 valence electrons. The second-order valence-electron chi connectivity index (χ2n) is 7.99. The first-order valence-electron chi connectivity index (χ1n) is 10.6. The molecule has 0 bridgehead atoms. The second kappa shape index (κ2) is 8.20. The highest BCUT2D eigenvalue weighted by molar-refractivity contribution is 6.00. The number of para-hydroxylation sites is 1. The Balaban J connectivity index is 1.65. The smallest absolute Gasteiger partial charge is 0.273 e. The summed E-state index contributed by atoms with van der Waals surface area (Å²) in [6.07, 6.45) is 1.90. The van der Waals surface area contributed by atoms with Gasteiger partial charge >= 0.3 is 0 Å². The van der Waals surface area contributed by atoms with E-state index >= 15 is 0 Å². The van der Waals surface area contributed by atoms with Gasteiger partial charge in [-0.15, -0.1) is 0 Å². The summed E-state index contributed by atoms with van der Waals surface area (Å²) in [5.41, 5.74) is 3.16. The molecular formula is C24H25N3O5. The molecule has 0 spiro atoms. The number of carbonyl (C=O) groups is 1. The van der Waals surface area contributed by atoms with Gasteiger partial charge in [-0.2, -0.15) is 5.10 Å². The lowest BCUT2D eigenvalue weighted by atomic mass is 9.95. The second-order valence-corrected chi connectivity index (χ2v) is 7.99. The van der Waals surface area contributed by atoms with Gasteiger partial charge in [-0.05, 0) is 42.7 Å². The van der Waals surface area contributed by atoms with E-state index in [9.17, 15) is 9.90 Å². The van der Waals surface area contributed by atoms with Gasteiger partial charge in [0, 0.05) is 24.3 Å². The predicted octanol–water partition coefficient (Wildman–Crippen LogP) is 3.52. The lowest BCUT2D eigenvalue weighted by Crippen LogP contribution is -2.36. The fourth-order valence-corrected chi connectivity index (χ4v) is 4.64. The number of nitrogens with one attached hydrogen (secondary N) is 1. The number of H-pyrrole nitrogens is 1. The van der Waals surface area contributed by atoms with E-state index in [1.165, 1.54) is 0 Å². The van der Waals surface area contributed by atoms with Crippen LogP contribution < -0.4 is 9.47 Å². The molecule has 0 radical (unpaired) electrons. The number of aromatic hydroxyl groups is 1. The number of carbonyl (C=O) groups excluding carboxylic acids is 1. The summed E-state index contributed by atoms with van der Waals surface area (Å²) in [6, 6.07) is 12.2. The Morgan fingerprint density at radius 2 is 2.00 bits per heavy atom.